The number of hydrogen-bond acceptors (Lipinski definition) is 12. The molecule has 0 spiro atoms. The van der Waals surface area contributed by atoms with Crippen molar-refractivity contribution < 1.29 is 65.8 Å². The molecule has 17 nitrogen and oxygen atoms in total. The Bertz CT molecular complexity index is 1190. The average Bonchev–Trinajstić information content (AvgIpc) is 3.21. The minimum Gasteiger partial charge on any atom is -0.387 e. The smallest absolute Gasteiger partial charge is 0.387 e. The van der Waals surface area contributed by atoms with E-state index in [4.69, 9.17) is 25.2 Å². The molecule has 186 valence electrons. The molecule has 3 heterocycles. The van der Waals surface area contributed by atoms with Crippen LogP contribution >= 0.6 is 23.0 Å². The zero-order valence-corrected chi connectivity index (χ0v) is 18.5. The number of aliphatic hydroxyl groups excluding tert-OH is 2. The highest BCUT2D eigenvalue weighted by molar-refractivity contribution is 7.75. The van der Waals surface area contributed by atoms with Crippen molar-refractivity contribution in [3.8, 4) is 0 Å². The first-order chi connectivity index (χ1) is 15.0. The molecule has 0 radical (unpaired) electrons. The zero-order chi connectivity index (χ0) is 25.0. The maximum absolute atomic E-state index is 13.4. The fourth-order valence-electron chi connectivity index (χ4n) is 2.70. The summed E-state index contributed by atoms with van der Waals surface area (Å²) in [5.74, 6) is -0.00873. The van der Waals surface area contributed by atoms with Gasteiger partial charge in [0.25, 0.3) is 0 Å². The summed E-state index contributed by atoms with van der Waals surface area (Å²) in [6, 6.07) is 0. The highest BCUT2D eigenvalue weighted by Gasteiger charge is 2.67. The van der Waals surface area contributed by atoms with Crippen LogP contribution in [0.5, 0.6) is 0 Å². The topological polar surface area (TPSA) is 270 Å². The zero-order valence-electron chi connectivity index (χ0n) is 15.8. The van der Waals surface area contributed by atoms with E-state index < -0.39 is 59.6 Å². The number of phosphoric acid groups is 1. The summed E-state index contributed by atoms with van der Waals surface area (Å²) in [5.41, 5.74) is 5.85. The number of nitrogens with two attached hydrogens (primary N) is 1. The second-order valence-corrected chi connectivity index (χ2v) is 12.0. The fourth-order valence-corrected chi connectivity index (χ4v) is 6.38. The molecule has 0 amide bonds. The number of alkyl halides is 2. The third kappa shape index (κ3) is 4.86. The van der Waals surface area contributed by atoms with Crippen molar-refractivity contribution in [2.45, 2.75) is 29.9 Å². The van der Waals surface area contributed by atoms with Crippen molar-refractivity contribution >= 4 is 40.0 Å². The van der Waals surface area contributed by atoms with E-state index in [1.54, 1.807) is 0 Å². The standard InChI is InChI=1S/C11H16F2N5O12P3/c12-11(13,31(21,22)23)32(24,25)30-33(26,27)28-1-4-6(19)7(20)10(29-4)18-3-17-5-8(14)15-2-16-9(5)18/h2-4,6-7,10,19-20H,1H2,(H,24,25)(H,26,27)(H2,14,15,16)(H2,21,22,23)/t4-,6-,7-,10-/m0/s1. The third-order valence-electron chi connectivity index (χ3n) is 4.30. The number of aromatic nitrogens is 4. The van der Waals surface area contributed by atoms with Crippen LogP contribution in [0.3, 0.4) is 0 Å². The van der Waals surface area contributed by atoms with Gasteiger partial charge in [0.1, 0.15) is 30.2 Å². The van der Waals surface area contributed by atoms with Crippen LogP contribution in [0.1, 0.15) is 6.23 Å². The fraction of sp³-hybridized carbons (Fsp3) is 0.545. The number of nitrogen functional groups attached to an aromatic ring is 1. The molecule has 6 atom stereocenters. The predicted octanol–water partition coefficient (Wildman–Crippen LogP) is -0.925. The molecule has 1 saturated heterocycles. The Balaban J connectivity index is 1.72. The SMILES string of the molecule is Nc1ncnc2c1ncn2[C@H]1O[C@@H](COP(=O)(O)OP(=O)(O)C(F)(F)P(=O)(O)O)[C@H](O)[C@@H]1O. The van der Waals surface area contributed by atoms with Crippen LogP contribution in [-0.4, -0.2) is 79.6 Å². The number of aliphatic hydroxyl groups is 2. The molecule has 0 aliphatic carbocycles. The summed E-state index contributed by atoms with van der Waals surface area (Å²) in [5, 5.41) is 14.7. The summed E-state index contributed by atoms with van der Waals surface area (Å²) in [6.45, 7) is -1.16. The minimum absolute atomic E-state index is 0.00873. The minimum atomic E-state index is -6.74. The molecule has 33 heavy (non-hydrogen) atoms. The van der Waals surface area contributed by atoms with Crippen LogP contribution in [0.4, 0.5) is 14.6 Å². The molecule has 0 bridgehead atoms. The van der Waals surface area contributed by atoms with Crippen LogP contribution < -0.4 is 5.73 Å². The highest BCUT2D eigenvalue weighted by Crippen LogP contribution is 2.77. The van der Waals surface area contributed by atoms with E-state index in [1.165, 1.54) is 0 Å². The molecule has 2 aromatic heterocycles. The number of hydrogen-bond donors (Lipinski definition) is 7. The van der Waals surface area contributed by atoms with Gasteiger partial charge in [-0.2, -0.15) is 8.78 Å². The molecule has 2 unspecified atom stereocenters. The number of nitrogens with zero attached hydrogens (tertiary/aromatic N) is 4. The Morgan fingerprint density at radius 1 is 1.12 bits per heavy atom. The van der Waals surface area contributed by atoms with E-state index in [-0.39, 0.29) is 17.0 Å². The van der Waals surface area contributed by atoms with Gasteiger partial charge in [-0.1, -0.05) is 0 Å². The van der Waals surface area contributed by atoms with Gasteiger partial charge in [-0.05, 0) is 0 Å². The predicted molar refractivity (Wildman–Crippen MR) is 99.3 cm³/mol. The lowest BCUT2D eigenvalue weighted by molar-refractivity contribution is -0.0503. The van der Waals surface area contributed by atoms with Crippen LogP contribution in [0.2, 0.25) is 0 Å². The number of fused-ring (bicyclic) bond motifs is 1. The largest absolute Gasteiger partial charge is 0.479 e. The van der Waals surface area contributed by atoms with E-state index in [2.05, 4.69) is 23.8 Å². The molecule has 1 fully saturated rings. The maximum Gasteiger partial charge on any atom is 0.479 e. The van der Waals surface area contributed by atoms with E-state index >= 15 is 0 Å². The number of anilines is 1. The van der Waals surface area contributed by atoms with Crippen molar-refractivity contribution in [3.63, 3.8) is 0 Å². The Kier molecular flexibility index (Phi) is 6.85. The van der Waals surface area contributed by atoms with Crippen molar-refractivity contribution in [1.29, 1.82) is 0 Å². The number of phosphoric ester groups is 1. The van der Waals surface area contributed by atoms with Gasteiger partial charge in [0.2, 0.25) is 0 Å². The molecule has 1 aliphatic heterocycles. The van der Waals surface area contributed by atoms with Crippen LogP contribution in [-0.2, 0) is 27.3 Å². The second kappa shape index (κ2) is 8.64. The number of halogens is 2. The molecule has 0 saturated carbocycles. The van der Waals surface area contributed by atoms with Crippen molar-refractivity contribution in [2.24, 2.45) is 0 Å². The maximum atomic E-state index is 13.4. The van der Waals surface area contributed by atoms with Gasteiger partial charge in [-0.25, -0.2) is 23.8 Å². The molecule has 22 heteroatoms. The number of imidazole rings is 1. The summed E-state index contributed by atoms with van der Waals surface area (Å²) in [4.78, 5) is 47.1. The highest BCUT2D eigenvalue weighted by atomic mass is 31.3. The summed E-state index contributed by atoms with van der Waals surface area (Å²) < 4.78 is 75.0. The van der Waals surface area contributed by atoms with Crippen LogP contribution in [0.15, 0.2) is 12.7 Å². The van der Waals surface area contributed by atoms with Gasteiger partial charge in [-0.15, -0.1) is 0 Å². The lowest BCUT2D eigenvalue weighted by Gasteiger charge is -2.24. The van der Waals surface area contributed by atoms with E-state index in [9.17, 15) is 37.6 Å². The van der Waals surface area contributed by atoms with Gasteiger partial charge in [0.15, 0.2) is 17.7 Å². The summed E-state index contributed by atoms with van der Waals surface area (Å²) >= 11 is 0. The van der Waals surface area contributed by atoms with E-state index in [0.29, 0.717) is 0 Å². The quantitative estimate of drug-likeness (QED) is 0.199. The van der Waals surface area contributed by atoms with Crippen molar-refractivity contribution in [2.75, 3.05) is 12.3 Å². The summed E-state index contributed by atoms with van der Waals surface area (Å²) in [7, 11) is -19.2. The molecular weight excluding hydrogens is 525 g/mol. The van der Waals surface area contributed by atoms with Gasteiger partial charge in [-0.3, -0.25) is 18.2 Å². The second-order valence-electron chi connectivity index (χ2n) is 6.55. The molecule has 3 rings (SSSR count). The number of ether oxygens (including phenoxy) is 1. The van der Waals surface area contributed by atoms with Gasteiger partial charge >= 0.3 is 28.4 Å². The van der Waals surface area contributed by atoms with Gasteiger partial charge in [0.05, 0.1) is 12.9 Å². The lowest BCUT2D eigenvalue weighted by atomic mass is 10.1. The normalized spacial score (nSPS) is 28.0. The first kappa shape index (κ1) is 26.2. The monoisotopic (exact) mass is 541 g/mol. The summed E-state index contributed by atoms with van der Waals surface area (Å²) in [6.07, 6.45) is -4.31. The third-order valence-corrected chi connectivity index (χ3v) is 9.41. The number of rotatable bonds is 8. The van der Waals surface area contributed by atoms with Crippen molar-refractivity contribution in [1.82, 2.24) is 19.5 Å². The lowest BCUT2D eigenvalue weighted by Crippen LogP contribution is -2.33. The van der Waals surface area contributed by atoms with Gasteiger partial charge in [0, 0.05) is 0 Å². The van der Waals surface area contributed by atoms with Crippen LogP contribution in [0.25, 0.3) is 11.2 Å². The average molecular weight is 541 g/mol. The Morgan fingerprint density at radius 2 is 1.76 bits per heavy atom. The van der Waals surface area contributed by atoms with Gasteiger partial charge < -0.3 is 40.3 Å². The Labute approximate surface area is 181 Å². The molecule has 2 aromatic rings. The molecule has 8 N–H and O–H groups in total. The Morgan fingerprint density at radius 3 is 2.36 bits per heavy atom. The Hall–Kier alpha value is -1.46. The first-order valence-corrected chi connectivity index (χ1v) is 13.1. The molecular formula is C11H16F2N5O12P3. The van der Waals surface area contributed by atoms with E-state index in [0.717, 1.165) is 17.2 Å². The van der Waals surface area contributed by atoms with Crippen molar-refractivity contribution in [3.05, 3.63) is 12.7 Å². The molecule has 0 aromatic carbocycles. The van der Waals surface area contributed by atoms with E-state index in [1.807, 2.05) is 0 Å². The van der Waals surface area contributed by atoms with Crippen LogP contribution in [0, 0.1) is 0 Å². The first-order valence-electron chi connectivity index (χ1n) is 8.38. The molecule has 1 aliphatic rings.